The molecule has 0 fully saturated rings. The first-order chi connectivity index (χ1) is 11.7. The summed E-state index contributed by atoms with van der Waals surface area (Å²) in [7, 11) is 1.86. The molecule has 126 valence electrons. The number of halogens is 1. The highest BCUT2D eigenvalue weighted by atomic mass is 19.1. The van der Waals surface area contributed by atoms with Crippen LogP contribution in [0.25, 0.3) is 0 Å². The van der Waals surface area contributed by atoms with E-state index in [4.69, 9.17) is 0 Å². The fourth-order valence-corrected chi connectivity index (χ4v) is 3.04. The van der Waals surface area contributed by atoms with Gasteiger partial charge in [-0.25, -0.2) is 9.18 Å². The molecule has 2 amide bonds. The predicted molar refractivity (Wildman–Crippen MR) is 95.2 cm³/mol. The molecule has 0 saturated heterocycles. The molecule has 2 aromatic rings. The van der Waals surface area contributed by atoms with Gasteiger partial charge in [-0.3, -0.25) is 4.90 Å². The van der Waals surface area contributed by atoms with Gasteiger partial charge in [-0.1, -0.05) is 30.3 Å². The van der Waals surface area contributed by atoms with Crippen molar-refractivity contribution in [2.45, 2.75) is 12.8 Å². The summed E-state index contributed by atoms with van der Waals surface area (Å²) in [5.41, 5.74) is 2.79. The van der Waals surface area contributed by atoms with Crippen LogP contribution in [0.3, 0.4) is 0 Å². The molecule has 5 heteroatoms. The highest BCUT2D eigenvalue weighted by Crippen LogP contribution is 2.27. The topological polar surface area (TPSA) is 35.6 Å². The first-order valence-corrected chi connectivity index (χ1v) is 8.26. The molecule has 1 heterocycles. The maximum atomic E-state index is 13.7. The molecule has 1 N–H and O–H groups in total. The molecular formula is C19H22FN3O. The summed E-state index contributed by atoms with van der Waals surface area (Å²) in [6, 6.07) is 14.6. The van der Waals surface area contributed by atoms with Crippen LogP contribution in [0.2, 0.25) is 0 Å². The molecule has 1 aliphatic heterocycles. The van der Waals surface area contributed by atoms with Crippen molar-refractivity contribution in [2.24, 2.45) is 0 Å². The van der Waals surface area contributed by atoms with Crippen LogP contribution in [0.1, 0.15) is 12.0 Å². The number of carbonyl (C=O) groups excluding carboxylic acids is 1. The van der Waals surface area contributed by atoms with Gasteiger partial charge in [0.05, 0.1) is 5.69 Å². The molecule has 0 aliphatic carbocycles. The molecule has 0 atom stereocenters. The summed E-state index contributed by atoms with van der Waals surface area (Å²) >= 11 is 0. The average molecular weight is 327 g/mol. The van der Waals surface area contributed by atoms with Gasteiger partial charge in [-0.2, -0.15) is 0 Å². The van der Waals surface area contributed by atoms with Gasteiger partial charge in [0.2, 0.25) is 0 Å². The molecule has 0 radical (unpaired) electrons. The van der Waals surface area contributed by atoms with Crippen molar-refractivity contribution in [3.8, 4) is 0 Å². The van der Waals surface area contributed by atoms with E-state index in [9.17, 15) is 9.18 Å². The highest BCUT2D eigenvalue weighted by molar-refractivity contribution is 5.94. The van der Waals surface area contributed by atoms with Gasteiger partial charge in [0, 0.05) is 32.4 Å². The van der Waals surface area contributed by atoms with Gasteiger partial charge in [0.15, 0.2) is 0 Å². The maximum absolute atomic E-state index is 13.7. The van der Waals surface area contributed by atoms with E-state index < -0.39 is 0 Å². The Morgan fingerprint density at radius 2 is 1.96 bits per heavy atom. The number of hydrogen-bond acceptors (Lipinski definition) is 2. The lowest BCUT2D eigenvalue weighted by molar-refractivity contribution is 0.246. The predicted octanol–water partition coefficient (Wildman–Crippen LogP) is 3.42. The van der Waals surface area contributed by atoms with Crippen molar-refractivity contribution in [1.29, 1.82) is 0 Å². The Bertz CT molecular complexity index is 719. The Balaban J connectivity index is 1.46. The van der Waals surface area contributed by atoms with E-state index in [2.05, 4.69) is 11.4 Å². The van der Waals surface area contributed by atoms with E-state index in [1.165, 1.54) is 11.6 Å². The molecule has 3 rings (SSSR count). The zero-order valence-electron chi connectivity index (χ0n) is 13.8. The Morgan fingerprint density at radius 1 is 1.21 bits per heavy atom. The molecule has 2 aromatic carbocycles. The largest absolute Gasteiger partial charge is 0.372 e. The lowest BCUT2D eigenvalue weighted by Crippen LogP contribution is -2.40. The number of amides is 2. The van der Waals surface area contributed by atoms with Crippen molar-refractivity contribution in [3.63, 3.8) is 0 Å². The van der Waals surface area contributed by atoms with Gasteiger partial charge in [0.1, 0.15) is 5.82 Å². The first-order valence-electron chi connectivity index (χ1n) is 8.26. The third kappa shape index (κ3) is 3.50. The molecule has 0 unspecified atom stereocenters. The van der Waals surface area contributed by atoms with E-state index in [1.54, 1.807) is 17.0 Å². The van der Waals surface area contributed by atoms with Crippen molar-refractivity contribution >= 4 is 17.4 Å². The fraction of sp³-hybridized carbons (Fsp3) is 0.316. The zero-order chi connectivity index (χ0) is 16.9. The quantitative estimate of drug-likeness (QED) is 0.854. The second-order valence-electron chi connectivity index (χ2n) is 5.99. The Morgan fingerprint density at radius 3 is 2.79 bits per heavy atom. The summed E-state index contributed by atoms with van der Waals surface area (Å²) in [5, 5.41) is 2.95. The normalized spacial score (nSPS) is 12.8. The minimum Gasteiger partial charge on any atom is -0.372 e. The monoisotopic (exact) mass is 327 g/mol. The van der Waals surface area contributed by atoms with Crippen molar-refractivity contribution in [1.82, 2.24) is 5.32 Å². The van der Waals surface area contributed by atoms with E-state index in [0.29, 0.717) is 18.8 Å². The zero-order valence-corrected chi connectivity index (χ0v) is 13.8. The number of para-hydroxylation sites is 2. The molecule has 0 bridgehead atoms. The lowest BCUT2D eigenvalue weighted by Gasteiger charge is -2.21. The standard InChI is InChI=1S/C19H22FN3O/c1-22(18-10-5-3-8-16(18)20)13-6-12-21-19(24)23-14-11-15-7-2-4-9-17(15)23/h2-5,7-10H,6,11-14H2,1H3,(H,21,24). The van der Waals surface area contributed by atoms with Crippen LogP contribution in [0.15, 0.2) is 48.5 Å². The van der Waals surface area contributed by atoms with Crippen LogP contribution < -0.4 is 15.1 Å². The molecule has 0 saturated carbocycles. The number of anilines is 2. The van der Waals surface area contributed by atoms with Crippen LogP contribution in [0.5, 0.6) is 0 Å². The Hall–Kier alpha value is -2.56. The summed E-state index contributed by atoms with van der Waals surface area (Å²) in [6.45, 7) is 1.97. The van der Waals surface area contributed by atoms with Crippen LogP contribution in [0.4, 0.5) is 20.6 Å². The van der Waals surface area contributed by atoms with Gasteiger partial charge < -0.3 is 10.2 Å². The molecule has 4 nitrogen and oxygen atoms in total. The molecule has 0 aromatic heterocycles. The minimum absolute atomic E-state index is 0.0616. The molecule has 24 heavy (non-hydrogen) atoms. The summed E-state index contributed by atoms with van der Waals surface area (Å²) in [6.07, 6.45) is 1.66. The van der Waals surface area contributed by atoms with Crippen LogP contribution in [-0.2, 0) is 6.42 Å². The van der Waals surface area contributed by atoms with Crippen molar-refractivity contribution in [3.05, 3.63) is 59.9 Å². The highest BCUT2D eigenvalue weighted by Gasteiger charge is 2.23. The number of carbonyl (C=O) groups is 1. The van der Waals surface area contributed by atoms with Gasteiger partial charge >= 0.3 is 6.03 Å². The first kappa shape index (κ1) is 16.3. The summed E-state index contributed by atoms with van der Waals surface area (Å²) < 4.78 is 13.7. The fourth-order valence-electron chi connectivity index (χ4n) is 3.04. The van der Waals surface area contributed by atoms with E-state index in [-0.39, 0.29) is 11.8 Å². The number of urea groups is 1. The molecular weight excluding hydrogens is 305 g/mol. The Labute approximate surface area is 141 Å². The maximum Gasteiger partial charge on any atom is 0.321 e. The minimum atomic E-state index is -0.224. The second-order valence-corrected chi connectivity index (χ2v) is 5.99. The number of nitrogens with one attached hydrogen (secondary N) is 1. The summed E-state index contributed by atoms with van der Waals surface area (Å²) in [5.74, 6) is -0.224. The number of fused-ring (bicyclic) bond motifs is 1. The third-order valence-electron chi connectivity index (χ3n) is 4.34. The number of hydrogen-bond donors (Lipinski definition) is 1. The number of rotatable bonds is 5. The molecule has 0 spiro atoms. The third-order valence-corrected chi connectivity index (χ3v) is 4.34. The summed E-state index contributed by atoms with van der Waals surface area (Å²) in [4.78, 5) is 16.0. The lowest BCUT2D eigenvalue weighted by atomic mass is 10.2. The van der Waals surface area contributed by atoms with Crippen LogP contribution >= 0.6 is 0 Å². The SMILES string of the molecule is CN(CCCNC(=O)N1CCc2ccccc21)c1ccccc1F. The van der Waals surface area contributed by atoms with Gasteiger partial charge in [-0.05, 0) is 36.6 Å². The van der Waals surface area contributed by atoms with Crippen molar-refractivity contribution < 1.29 is 9.18 Å². The van der Waals surface area contributed by atoms with E-state index in [1.807, 2.05) is 36.2 Å². The number of benzene rings is 2. The van der Waals surface area contributed by atoms with Crippen LogP contribution in [0, 0.1) is 5.82 Å². The van der Waals surface area contributed by atoms with Gasteiger partial charge in [0.25, 0.3) is 0 Å². The number of nitrogens with zero attached hydrogens (tertiary/aromatic N) is 2. The second kappa shape index (κ2) is 7.34. The van der Waals surface area contributed by atoms with E-state index in [0.717, 1.165) is 25.1 Å². The van der Waals surface area contributed by atoms with Crippen LogP contribution in [-0.4, -0.2) is 32.7 Å². The smallest absolute Gasteiger partial charge is 0.321 e. The van der Waals surface area contributed by atoms with E-state index >= 15 is 0 Å². The van der Waals surface area contributed by atoms with Gasteiger partial charge in [-0.15, -0.1) is 0 Å². The average Bonchev–Trinajstić information content (AvgIpc) is 3.03. The molecule has 1 aliphatic rings. The Kier molecular flexibility index (Phi) is 4.99. The van der Waals surface area contributed by atoms with Crippen molar-refractivity contribution in [2.75, 3.05) is 36.5 Å².